The number of halogens is 1. The second-order valence-electron chi connectivity index (χ2n) is 6.78. The van der Waals surface area contributed by atoms with E-state index in [1.807, 2.05) is 32.0 Å². The molecule has 138 valence electrons. The number of carbonyl (C=O) groups is 2. The van der Waals surface area contributed by atoms with Crippen LogP contribution in [-0.4, -0.2) is 18.4 Å². The van der Waals surface area contributed by atoms with E-state index in [0.29, 0.717) is 10.7 Å². The minimum Gasteiger partial charge on any atom is -0.324 e. The number of anilines is 2. The number of aryl methyl sites for hydroxylation is 2. The molecule has 0 spiro atoms. The van der Waals surface area contributed by atoms with Crippen molar-refractivity contribution in [1.29, 1.82) is 0 Å². The van der Waals surface area contributed by atoms with Gasteiger partial charge in [-0.3, -0.25) is 9.59 Å². The Kier molecular flexibility index (Phi) is 6.43. The van der Waals surface area contributed by atoms with Crippen LogP contribution < -0.4 is 10.2 Å². The average Bonchev–Trinajstić information content (AvgIpc) is 2.55. The molecule has 0 radical (unpaired) electrons. The molecule has 0 atom stereocenters. The van der Waals surface area contributed by atoms with Gasteiger partial charge in [-0.25, -0.2) is 0 Å². The van der Waals surface area contributed by atoms with Crippen LogP contribution in [0.2, 0.25) is 5.02 Å². The molecular weight excluding hydrogens is 348 g/mol. The largest absolute Gasteiger partial charge is 0.324 e. The lowest BCUT2D eigenvalue weighted by molar-refractivity contribution is -0.120. The Morgan fingerprint density at radius 1 is 1.12 bits per heavy atom. The molecule has 0 aliphatic heterocycles. The number of benzene rings is 2. The fraction of sp³-hybridized carbons (Fsp3) is 0.333. The van der Waals surface area contributed by atoms with Gasteiger partial charge in [0.15, 0.2) is 0 Å². The maximum atomic E-state index is 12.6. The summed E-state index contributed by atoms with van der Waals surface area (Å²) in [6, 6.07) is 11.2. The number of hydrogen-bond acceptors (Lipinski definition) is 2. The van der Waals surface area contributed by atoms with Crippen molar-refractivity contribution in [2.24, 2.45) is 0 Å². The van der Waals surface area contributed by atoms with E-state index in [2.05, 4.69) is 19.2 Å². The standard InChI is InChI=1S/C21H25ClN2O2/c1-13(2)18-8-6-7-14(3)21(18)24(16(5)25)12-20(26)23-19-10-9-17(22)11-15(19)4/h6-11,13H,12H2,1-5H3,(H,23,26). The number of hydrogen-bond donors (Lipinski definition) is 1. The first-order chi connectivity index (χ1) is 12.2. The van der Waals surface area contributed by atoms with E-state index in [9.17, 15) is 9.59 Å². The van der Waals surface area contributed by atoms with Crippen LogP contribution >= 0.6 is 11.6 Å². The molecule has 2 aromatic carbocycles. The van der Waals surface area contributed by atoms with Gasteiger partial charge in [-0.1, -0.05) is 43.6 Å². The summed E-state index contributed by atoms with van der Waals surface area (Å²) in [4.78, 5) is 26.4. The van der Waals surface area contributed by atoms with Gasteiger partial charge in [0.05, 0.1) is 5.69 Å². The fourth-order valence-corrected chi connectivity index (χ4v) is 3.19. The zero-order valence-corrected chi connectivity index (χ0v) is 16.6. The predicted octanol–water partition coefficient (Wildman–Crippen LogP) is 5.07. The molecule has 0 aliphatic rings. The summed E-state index contributed by atoms with van der Waals surface area (Å²) in [6.45, 7) is 9.43. The molecule has 5 heteroatoms. The monoisotopic (exact) mass is 372 g/mol. The van der Waals surface area contributed by atoms with Crippen LogP contribution in [0.15, 0.2) is 36.4 Å². The molecule has 2 aromatic rings. The Morgan fingerprint density at radius 3 is 2.38 bits per heavy atom. The third-order valence-electron chi connectivity index (χ3n) is 4.31. The van der Waals surface area contributed by atoms with Gasteiger partial charge >= 0.3 is 0 Å². The number of nitrogens with zero attached hydrogens (tertiary/aromatic N) is 1. The highest BCUT2D eigenvalue weighted by atomic mass is 35.5. The summed E-state index contributed by atoms with van der Waals surface area (Å²) in [6.07, 6.45) is 0. The number of carbonyl (C=O) groups excluding carboxylic acids is 2. The minimum absolute atomic E-state index is 0.0397. The summed E-state index contributed by atoms with van der Waals surface area (Å²) in [5.74, 6) is -0.166. The van der Waals surface area contributed by atoms with Gasteiger partial charge in [0.1, 0.15) is 6.54 Å². The van der Waals surface area contributed by atoms with Crippen LogP contribution in [-0.2, 0) is 9.59 Å². The van der Waals surface area contributed by atoms with Crippen molar-refractivity contribution in [3.63, 3.8) is 0 Å². The molecule has 4 nitrogen and oxygen atoms in total. The van der Waals surface area contributed by atoms with Gasteiger partial charge in [-0.05, 0) is 54.7 Å². The van der Waals surface area contributed by atoms with Crippen LogP contribution in [0.5, 0.6) is 0 Å². The lowest BCUT2D eigenvalue weighted by atomic mass is 9.97. The quantitative estimate of drug-likeness (QED) is 0.796. The first-order valence-corrected chi connectivity index (χ1v) is 9.02. The molecule has 0 saturated heterocycles. The second-order valence-corrected chi connectivity index (χ2v) is 7.22. The first-order valence-electron chi connectivity index (χ1n) is 8.64. The molecule has 1 N–H and O–H groups in total. The van der Waals surface area contributed by atoms with Crippen molar-refractivity contribution in [3.05, 3.63) is 58.1 Å². The zero-order chi connectivity index (χ0) is 19.4. The van der Waals surface area contributed by atoms with E-state index in [4.69, 9.17) is 11.6 Å². The number of para-hydroxylation sites is 1. The number of rotatable bonds is 5. The Hall–Kier alpha value is -2.33. The summed E-state index contributed by atoms with van der Waals surface area (Å²) >= 11 is 5.96. The van der Waals surface area contributed by atoms with Crippen LogP contribution in [0.1, 0.15) is 43.4 Å². The molecule has 2 amide bonds. The topological polar surface area (TPSA) is 49.4 Å². The predicted molar refractivity (Wildman–Crippen MR) is 108 cm³/mol. The summed E-state index contributed by atoms with van der Waals surface area (Å²) in [5, 5.41) is 3.49. The average molecular weight is 373 g/mol. The maximum absolute atomic E-state index is 12.6. The number of nitrogens with one attached hydrogen (secondary N) is 1. The minimum atomic E-state index is -0.247. The first kappa shape index (κ1) is 20.0. The van der Waals surface area contributed by atoms with Gasteiger partial charge in [-0.15, -0.1) is 0 Å². The zero-order valence-electron chi connectivity index (χ0n) is 15.9. The van der Waals surface area contributed by atoms with Gasteiger partial charge in [-0.2, -0.15) is 0 Å². The Bertz CT molecular complexity index is 831. The lowest BCUT2D eigenvalue weighted by Crippen LogP contribution is -2.38. The van der Waals surface area contributed by atoms with Crippen LogP contribution in [0.25, 0.3) is 0 Å². The van der Waals surface area contributed by atoms with Crippen molar-refractivity contribution in [3.8, 4) is 0 Å². The molecule has 0 unspecified atom stereocenters. The normalized spacial score (nSPS) is 10.7. The summed E-state index contributed by atoms with van der Waals surface area (Å²) < 4.78 is 0. The van der Waals surface area contributed by atoms with E-state index in [0.717, 1.165) is 22.4 Å². The second kappa shape index (κ2) is 8.37. The van der Waals surface area contributed by atoms with Crippen molar-refractivity contribution in [2.75, 3.05) is 16.8 Å². The highest BCUT2D eigenvalue weighted by Gasteiger charge is 2.22. The Morgan fingerprint density at radius 2 is 1.81 bits per heavy atom. The molecule has 0 bridgehead atoms. The van der Waals surface area contributed by atoms with Crippen LogP contribution in [0.3, 0.4) is 0 Å². The van der Waals surface area contributed by atoms with E-state index in [-0.39, 0.29) is 24.3 Å². The van der Waals surface area contributed by atoms with Gasteiger partial charge in [0.25, 0.3) is 0 Å². The Balaban J connectivity index is 2.29. The third-order valence-corrected chi connectivity index (χ3v) is 4.54. The van der Waals surface area contributed by atoms with Crippen molar-refractivity contribution in [2.45, 2.75) is 40.5 Å². The number of amides is 2. The summed E-state index contributed by atoms with van der Waals surface area (Å²) in [7, 11) is 0. The molecule has 26 heavy (non-hydrogen) atoms. The van der Waals surface area contributed by atoms with Crippen molar-refractivity contribution in [1.82, 2.24) is 0 Å². The van der Waals surface area contributed by atoms with Gasteiger partial charge in [0, 0.05) is 17.6 Å². The SMILES string of the molecule is CC(=O)N(CC(=O)Nc1ccc(Cl)cc1C)c1c(C)cccc1C(C)C. The molecule has 0 saturated carbocycles. The summed E-state index contributed by atoms with van der Waals surface area (Å²) in [5.41, 5.74) is 4.41. The van der Waals surface area contributed by atoms with E-state index >= 15 is 0 Å². The van der Waals surface area contributed by atoms with E-state index in [1.54, 1.807) is 23.1 Å². The molecule has 0 heterocycles. The molecular formula is C21H25ClN2O2. The highest BCUT2D eigenvalue weighted by Crippen LogP contribution is 2.31. The Labute approximate surface area is 160 Å². The smallest absolute Gasteiger partial charge is 0.244 e. The molecule has 0 aromatic heterocycles. The van der Waals surface area contributed by atoms with Crippen molar-refractivity contribution < 1.29 is 9.59 Å². The highest BCUT2D eigenvalue weighted by molar-refractivity contribution is 6.30. The van der Waals surface area contributed by atoms with Crippen LogP contribution in [0.4, 0.5) is 11.4 Å². The van der Waals surface area contributed by atoms with E-state index in [1.165, 1.54) is 6.92 Å². The van der Waals surface area contributed by atoms with Crippen molar-refractivity contribution >= 4 is 34.8 Å². The third kappa shape index (κ3) is 4.64. The van der Waals surface area contributed by atoms with E-state index < -0.39 is 0 Å². The lowest BCUT2D eigenvalue weighted by Gasteiger charge is -2.27. The molecule has 0 fully saturated rings. The molecule has 2 rings (SSSR count). The maximum Gasteiger partial charge on any atom is 0.244 e. The van der Waals surface area contributed by atoms with Gasteiger partial charge < -0.3 is 10.2 Å². The van der Waals surface area contributed by atoms with Crippen LogP contribution in [0, 0.1) is 13.8 Å². The fourth-order valence-electron chi connectivity index (χ4n) is 2.96. The molecule has 0 aliphatic carbocycles. The van der Waals surface area contributed by atoms with Gasteiger partial charge in [0.2, 0.25) is 11.8 Å².